The van der Waals surface area contributed by atoms with Crippen molar-refractivity contribution < 1.29 is 69.0 Å². The van der Waals surface area contributed by atoms with Crippen LogP contribution in [0.15, 0.2) is 24.3 Å². The molecule has 0 aromatic carbocycles. The minimum atomic E-state index is -2.08. The molecule has 5 aliphatic rings. The molecule has 5 heterocycles. The van der Waals surface area contributed by atoms with Crippen LogP contribution in [0.5, 0.6) is 0 Å². The van der Waals surface area contributed by atoms with Crippen LogP contribution in [0.3, 0.4) is 0 Å². The lowest BCUT2D eigenvalue weighted by atomic mass is 9.79. The zero-order valence-electron chi connectivity index (χ0n) is 41.3. The maximum absolute atomic E-state index is 13.8. The van der Waals surface area contributed by atoms with Gasteiger partial charge in [0, 0.05) is 49.1 Å². The number of carbonyl (C=O) groups is 1. The highest BCUT2D eigenvalue weighted by Crippen LogP contribution is 2.50. The molecule has 5 aliphatic heterocycles. The van der Waals surface area contributed by atoms with Gasteiger partial charge in [0.25, 0.3) is 0 Å². The van der Waals surface area contributed by atoms with E-state index in [1.54, 1.807) is 0 Å². The van der Waals surface area contributed by atoms with Gasteiger partial charge in [0.15, 0.2) is 17.9 Å². The molecule has 1 spiro atoms. The largest absolute Gasteiger partial charge is 0.459 e. The van der Waals surface area contributed by atoms with E-state index in [9.17, 15) is 40.5 Å². The number of aliphatic hydroxyl groups is 7. The van der Waals surface area contributed by atoms with Crippen LogP contribution in [0, 0.1) is 23.7 Å². The summed E-state index contributed by atoms with van der Waals surface area (Å²) in [6.45, 7) is 16.1. The average Bonchev–Trinajstić information content (AvgIpc) is 3.46. The molecule has 15 nitrogen and oxygen atoms in total. The fourth-order valence-electron chi connectivity index (χ4n) is 11.0. The Morgan fingerprint density at radius 1 is 0.862 bits per heavy atom. The predicted octanol–water partition coefficient (Wildman–Crippen LogP) is 5.03. The molecule has 0 aromatic heterocycles. The molecule has 7 N–H and O–H groups in total. The van der Waals surface area contributed by atoms with E-state index in [1.165, 1.54) is 20.8 Å². The molecule has 0 saturated carbocycles. The van der Waals surface area contributed by atoms with Gasteiger partial charge in [-0.2, -0.15) is 0 Å². The van der Waals surface area contributed by atoms with Gasteiger partial charge in [-0.25, -0.2) is 4.79 Å². The van der Waals surface area contributed by atoms with Crippen molar-refractivity contribution in [2.24, 2.45) is 23.7 Å². The smallest absolute Gasteiger partial charge is 0.330 e. The number of esters is 1. The third-order valence-electron chi connectivity index (χ3n) is 15.5. The van der Waals surface area contributed by atoms with Crippen molar-refractivity contribution in [2.45, 2.75) is 248 Å². The average molecular weight is 926 g/mol. The van der Waals surface area contributed by atoms with E-state index in [0.717, 1.165) is 37.8 Å². The normalized spacial score (nSPS) is 47.9. The van der Waals surface area contributed by atoms with Crippen LogP contribution >= 0.6 is 0 Å². The number of aliphatic hydroxyl groups excluding tert-OH is 4. The van der Waals surface area contributed by atoms with E-state index >= 15 is 0 Å². The summed E-state index contributed by atoms with van der Waals surface area (Å²) in [5, 5.41) is 82.0. The quantitative estimate of drug-likeness (QED) is 0.137. The third kappa shape index (κ3) is 13.6. The van der Waals surface area contributed by atoms with Crippen molar-refractivity contribution in [3.05, 3.63) is 24.3 Å². The Kier molecular flexibility index (Phi) is 18.4. The number of rotatable bonds is 6. The van der Waals surface area contributed by atoms with Crippen LogP contribution in [0.2, 0.25) is 0 Å². The molecule has 0 aliphatic carbocycles. The molecule has 0 radical (unpaired) electrons. The molecule has 4 fully saturated rings. The Morgan fingerprint density at radius 2 is 1.57 bits per heavy atom. The number of likely N-dealkylation sites (N-methyl/N-ethyl adjacent to an activating group) is 1. The number of fused-ring (bicyclic) bond motifs is 3. The van der Waals surface area contributed by atoms with Gasteiger partial charge in [-0.3, -0.25) is 0 Å². The van der Waals surface area contributed by atoms with Gasteiger partial charge in [0.05, 0.1) is 47.8 Å². The van der Waals surface area contributed by atoms with E-state index in [4.69, 9.17) is 28.4 Å². The number of ether oxygens (including phenoxy) is 6. The molecule has 2 bridgehead atoms. The molecule has 0 amide bonds. The van der Waals surface area contributed by atoms with Crippen LogP contribution in [0.4, 0.5) is 0 Å². The zero-order chi connectivity index (χ0) is 48.3. The molecule has 16 unspecified atom stereocenters. The van der Waals surface area contributed by atoms with E-state index < -0.39 is 95.2 Å². The van der Waals surface area contributed by atoms with Crippen molar-refractivity contribution in [1.82, 2.24) is 4.90 Å². The fraction of sp³-hybridized carbons (Fsp3) is 0.900. The molecule has 65 heavy (non-hydrogen) atoms. The first-order valence-electron chi connectivity index (χ1n) is 24.7. The lowest BCUT2D eigenvalue weighted by Gasteiger charge is -2.52. The van der Waals surface area contributed by atoms with Gasteiger partial charge in [-0.05, 0) is 118 Å². The minimum Gasteiger partial charge on any atom is -0.459 e. The van der Waals surface area contributed by atoms with Crippen LogP contribution in [-0.4, -0.2) is 156 Å². The standard InChI is InChI=1S/C50H87NO14/c1-12-35(52)26-37-30(2)21-25-49(63-37)28-38-31(3)39(64-49)29-50(59)34(27-46(6,7)65-50)18-16-14-13-15-17-23-47(8,57)45(56)43(62-41-20-19-36(51(10)11)33(5)60-41)42(54)32(4)44(55)48(9,58)24-22-40(53)61-38/h16,18,22,24,30-39,41-45,52,54-59H,12-15,17,19-21,23,25-29H2,1-11H3/b18-16+,24-22+/t30?,31?,32?,33-,34?,35?,36-,37?,38?,39?,41-,42?,43?,44?,45?,47?,48?,49?,50?/m1/s1. The molecule has 0 aromatic rings. The van der Waals surface area contributed by atoms with Gasteiger partial charge in [0.1, 0.15) is 23.9 Å². The van der Waals surface area contributed by atoms with E-state index in [-0.39, 0.29) is 49.3 Å². The number of allylic oxidation sites excluding steroid dienone is 1. The van der Waals surface area contributed by atoms with Gasteiger partial charge in [-0.1, -0.05) is 52.7 Å². The summed E-state index contributed by atoms with van der Waals surface area (Å²) in [7, 11) is 3.94. The summed E-state index contributed by atoms with van der Waals surface area (Å²) >= 11 is 0. The zero-order valence-corrected chi connectivity index (χ0v) is 41.3. The number of nitrogens with zero attached hydrogens (tertiary/aromatic N) is 1. The maximum Gasteiger partial charge on any atom is 0.330 e. The first-order valence-corrected chi connectivity index (χ1v) is 24.7. The van der Waals surface area contributed by atoms with Crippen LogP contribution in [0.25, 0.3) is 0 Å². The second-order valence-electron chi connectivity index (χ2n) is 22.0. The number of carbonyl (C=O) groups excluding carboxylic acids is 1. The Morgan fingerprint density at radius 3 is 2.23 bits per heavy atom. The Balaban J connectivity index is 1.46. The first-order chi connectivity index (χ1) is 30.2. The highest BCUT2D eigenvalue weighted by molar-refractivity contribution is 5.82. The van der Waals surface area contributed by atoms with Crippen LogP contribution < -0.4 is 0 Å². The predicted molar refractivity (Wildman–Crippen MR) is 244 cm³/mol. The summed E-state index contributed by atoms with van der Waals surface area (Å²) < 4.78 is 38.9. The highest BCUT2D eigenvalue weighted by Gasteiger charge is 2.57. The topological polar surface area (TPSA) is 217 Å². The molecule has 15 heteroatoms. The van der Waals surface area contributed by atoms with E-state index in [2.05, 4.69) is 17.9 Å². The summed E-state index contributed by atoms with van der Waals surface area (Å²) in [5.74, 6) is -5.39. The highest BCUT2D eigenvalue weighted by atomic mass is 16.7. The Hall–Kier alpha value is -1.57. The second-order valence-corrected chi connectivity index (χ2v) is 22.0. The van der Waals surface area contributed by atoms with Crippen molar-refractivity contribution in [3.8, 4) is 0 Å². The second kappa shape index (κ2) is 22.0. The SMILES string of the molecule is CCC(O)CC1OC2(CCC1C)CC1OC(=O)/C=C/C(C)(O)C(O)C(C)C(O)C(O[C@@H]3CC[C@@H](N(C)C)[C@@H](C)O3)C(O)C(C)(O)CCCCC/C=C/C3CC(C)(C)OC3(O)CC(O2)C1C. The van der Waals surface area contributed by atoms with Gasteiger partial charge >= 0.3 is 5.97 Å². The molecular weight excluding hydrogens is 839 g/mol. The molecule has 376 valence electrons. The Labute approximate surface area is 388 Å². The number of hydrogen-bond donors (Lipinski definition) is 7. The van der Waals surface area contributed by atoms with Gasteiger partial charge in [0.2, 0.25) is 0 Å². The van der Waals surface area contributed by atoms with Crippen molar-refractivity contribution in [2.75, 3.05) is 14.1 Å². The summed E-state index contributed by atoms with van der Waals surface area (Å²) in [4.78, 5) is 15.9. The lowest BCUT2D eigenvalue weighted by molar-refractivity contribution is -0.358. The monoisotopic (exact) mass is 926 g/mol. The summed E-state index contributed by atoms with van der Waals surface area (Å²) in [6, 6.07) is 0.127. The molecule has 5 rings (SSSR count). The van der Waals surface area contributed by atoms with Crippen LogP contribution in [0.1, 0.15) is 152 Å². The number of hydrogen-bond acceptors (Lipinski definition) is 15. The van der Waals surface area contributed by atoms with E-state index in [0.29, 0.717) is 44.9 Å². The van der Waals surface area contributed by atoms with Crippen molar-refractivity contribution >= 4 is 5.97 Å². The summed E-state index contributed by atoms with van der Waals surface area (Å²) in [5.41, 5.74) is -4.44. The molecular formula is C50H87NO14. The fourth-order valence-corrected chi connectivity index (χ4v) is 11.0. The lowest BCUT2D eigenvalue weighted by Crippen LogP contribution is -2.59. The third-order valence-corrected chi connectivity index (χ3v) is 15.5. The maximum atomic E-state index is 13.8. The Bertz CT molecular complexity index is 1590. The minimum absolute atomic E-state index is 0.0745. The van der Waals surface area contributed by atoms with Crippen molar-refractivity contribution in [1.29, 1.82) is 0 Å². The van der Waals surface area contributed by atoms with Crippen molar-refractivity contribution in [3.63, 3.8) is 0 Å². The van der Waals surface area contributed by atoms with Crippen LogP contribution in [-0.2, 0) is 33.2 Å². The first kappa shape index (κ1) is 54.4. The molecule has 4 saturated heterocycles. The van der Waals surface area contributed by atoms with E-state index in [1.807, 2.05) is 54.8 Å². The molecule has 19 atom stereocenters. The van der Waals surface area contributed by atoms with Gasteiger partial charge < -0.3 is 69.1 Å². The van der Waals surface area contributed by atoms with Gasteiger partial charge in [-0.15, -0.1) is 0 Å². The summed E-state index contributed by atoms with van der Waals surface area (Å²) in [6.07, 6.45) is 3.78.